The lowest BCUT2D eigenvalue weighted by molar-refractivity contribution is -0.140. The largest absolute Gasteiger partial charge is 0.339 e. The third-order valence-corrected chi connectivity index (χ3v) is 4.53. The summed E-state index contributed by atoms with van der Waals surface area (Å²) in [6.45, 7) is 4.73. The fourth-order valence-electron chi connectivity index (χ4n) is 2.65. The van der Waals surface area contributed by atoms with Crippen LogP contribution in [0.15, 0.2) is 30.3 Å². The smallest absolute Gasteiger partial charge is 0.229 e. The van der Waals surface area contributed by atoms with Crippen molar-refractivity contribution in [2.45, 2.75) is 39.2 Å². The second-order valence-electron chi connectivity index (χ2n) is 6.00. The number of carbonyl (C=O) groups excluding carboxylic acids is 1. The lowest BCUT2D eigenvalue weighted by Crippen LogP contribution is -2.45. The van der Waals surface area contributed by atoms with Crippen LogP contribution in [-0.2, 0) is 11.2 Å². The summed E-state index contributed by atoms with van der Waals surface area (Å²) in [7, 11) is 0. The van der Waals surface area contributed by atoms with E-state index in [9.17, 15) is 4.79 Å². The Morgan fingerprint density at radius 2 is 2.05 bits per heavy atom. The van der Waals surface area contributed by atoms with Gasteiger partial charge in [0.1, 0.15) is 0 Å². The Balaban J connectivity index is 2.07. The molecule has 1 aliphatic heterocycles. The highest BCUT2D eigenvalue weighted by atomic mass is 35.5. The Kier molecular flexibility index (Phi) is 4.51. The zero-order valence-corrected chi connectivity index (χ0v) is 12.5. The molecule has 0 radical (unpaired) electrons. The van der Waals surface area contributed by atoms with Crippen molar-refractivity contribution in [3.05, 3.63) is 35.9 Å². The van der Waals surface area contributed by atoms with Gasteiger partial charge in [-0.1, -0.05) is 30.3 Å². The van der Waals surface area contributed by atoms with Crippen LogP contribution in [0.25, 0.3) is 0 Å². The molecule has 0 spiro atoms. The van der Waals surface area contributed by atoms with Crippen LogP contribution in [0.3, 0.4) is 0 Å². The number of benzene rings is 1. The third-order valence-electron chi connectivity index (χ3n) is 3.87. The molecule has 3 heteroatoms. The van der Waals surface area contributed by atoms with E-state index in [2.05, 4.69) is 24.3 Å². The Bertz CT molecular complexity index is 430. The van der Waals surface area contributed by atoms with Crippen LogP contribution in [0.2, 0.25) is 0 Å². The average Bonchev–Trinajstić information content (AvgIpc) is 2.87. The average molecular weight is 280 g/mol. The zero-order valence-electron chi connectivity index (χ0n) is 11.7. The third kappa shape index (κ3) is 3.30. The van der Waals surface area contributed by atoms with E-state index in [-0.39, 0.29) is 5.91 Å². The van der Waals surface area contributed by atoms with Gasteiger partial charge in [-0.15, -0.1) is 11.6 Å². The first-order valence-electron chi connectivity index (χ1n) is 6.95. The number of alkyl halides is 1. The molecule has 0 bridgehead atoms. The van der Waals surface area contributed by atoms with Crippen molar-refractivity contribution in [1.29, 1.82) is 0 Å². The second kappa shape index (κ2) is 5.96. The van der Waals surface area contributed by atoms with Gasteiger partial charge in [0.05, 0.1) is 5.41 Å². The first-order valence-corrected chi connectivity index (χ1v) is 7.49. The Labute approximate surface area is 120 Å². The maximum Gasteiger partial charge on any atom is 0.229 e. The molecule has 1 fully saturated rings. The van der Waals surface area contributed by atoms with E-state index in [1.54, 1.807) is 0 Å². The highest BCUT2D eigenvalue weighted by Crippen LogP contribution is 2.28. The van der Waals surface area contributed by atoms with E-state index >= 15 is 0 Å². The maximum atomic E-state index is 12.5. The molecular weight excluding hydrogens is 258 g/mol. The molecule has 2 rings (SSSR count). The molecule has 19 heavy (non-hydrogen) atoms. The van der Waals surface area contributed by atoms with Crippen LogP contribution in [0.4, 0.5) is 0 Å². The van der Waals surface area contributed by atoms with Crippen molar-refractivity contribution in [2.24, 2.45) is 5.41 Å². The number of halogens is 1. The van der Waals surface area contributed by atoms with E-state index < -0.39 is 5.41 Å². The van der Waals surface area contributed by atoms with Crippen LogP contribution >= 0.6 is 11.6 Å². The molecular formula is C16H22ClNO. The van der Waals surface area contributed by atoms with Gasteiger partial charge < -0.3 is 4.90 Å². The predicted octanol–water partition coefficient (Wildman–Crippen LogP) is 3.49. The summed E-state index contributed by atoms with van der Waals surface area (Å²) in [5.41, 5.74) is 0.844. The number of likely N-dealkylation sites (tertiary alicyclic amines) is 1. The SMILES string of the molecule is CC(C)(CCl)C(=O)N1CCCC1Cc1ccccc1. The number of nitrogens with zero attached hydrogens (tertiary/aromatic N) is 1. The Hall–Kier alpha value is -1.02. The van der Waals surface area contributed by atoms with Gasteiger partial charge in [-0.3, -0.25) is 4.79 Å². The summed E-state index contributed by atoms with van der Waals surface area (Å²) in [5, 5.41) is 0. The Morgan fingerprint density at radius 3 is 2.68 bits per heavy atom. The van der Waals surface area contributed by atoms with Gasteiger partial charge in [-0.05, 0) is 38.7 Å². The molecule has 104 valence electrons. The van der Waals surface area contributed by atoms with Crippen molar-refractivity contribution >= 4 is 17.5 Å². The highest BCUT2D eigenvalue weighted by molar-refractivity contribution is 6.19. The number of hydrogen-bond acceptors (Lipinski definition) is 1. The first-order chi connectivity index (χ1) is 9.04. The van der Waals surface area contributed by atoms with E-state index in [0.29, 0.717) is 11.9 Å². The van der Waals surface area contributed by atoms with Gasteiger partial charge in [0.15, 0.2) is 0 Å². The molecule has 1 saturated heterocycles. The summed E-state index contributed by atoms with van der Waals surface area (Å²) in [6.07, 6.45) is 3.14. The predicted molar refractivity (Wildman–Crippen MR) is 79.4 cm³/mol. The van der Waals surface area contributed by atoms with Gasteiger partial charge in [0.2, 0.25) is 5.91 Å². The molecule has 2 nitrogen and oxygen atoms in total. The maximum absolute atomic E-state index is 12.5. The van der Waals surface area contributed by atoms with Gasteiger partial charge in [0, 0.05) is 18.5 Å². The number of hydrogen-bond donors (Lipinski definition) is 0. The molecule has 0 N–H and O–H groups in total. The van der Waals surface area contributed by atoms with Gasteiger partial charge >= 0.3 is 0 Å². The number of amides is 1. The van der Waals surface area contributed by atoms with Crippen molar-refractivity contribution in [3.63, 3.8) is 0 Å². The lowest BCUT2D eigenvalue weighted by Gasteiger charge is -2.32. The minimum atomic E-state index is -0.458. The summed E-state index contributed by atoms with van der Waals surface area (Å²) in [4.78, 5) is 14.6. The van der Waals surface area contributed by atoms with Crippen molar-refractivity contribution in [3.8, 4) is 0 Å². The molecule has 1 atom stereocenters. The first kappa shape index (κ1) is 14.4. The fraction of sp³-hybridized carbons (Fsp3) is 0.562. The molecule has 1 heterocycles. The molecule has 1 unspecified atom stereocenters. The van der Waals surface area contributed by atoms with Gasteiger partial charge in [-0.25, -0.2) is 0 Å². The molecule has 0 aromatic heterocycles. The summed E-state index contributed by atoms with van der Waals surface area (Å²) >= 11 is 5.93. The minimum Gasteiger partial charge on any atom is -0.339 e. The van der Waals surface area contributed by atoms with Crippen molar-refractivity contribution in [2.75, 3.05) is 12.4 Å². The van der Waals surface area contributed by atoms with Gasteiger partial charge in [-0.2, -0.15) is 0 Å². The van der Waals surface area contributed by atoms with Crippen LogP contribution in [0.5, 0.6) is 0 Å². The van der Waals surface area contributed by atoms with Crippen LogP contribution in [0.1, 0.15) is 32.3 Å². The monoisotopic (exact) mass is 279 g/mol. The second-order valence-corrected chi connectivity index (χ2v) is 6.27. The van der Waals surface area contributed by atoms with E-state index in [1.165, 1.54) is 5.56 Å². The van der Waals surface area contributed by atoms with Crippen LogP contribution < -0.4 is 0 Å². The van der Waals surface area contributed by atoms with E-state index in [0.717, 1.165) is 25.8 Å². The molecule has 1 amide bonds. The molecule has 1 aromatic carbocycles. The minimum absolute atomic E-state index is 0.195. The van der Waals surface area contributed by atoms with E-state index in [1.807, 2.05) is 24.8 Å². The molecule has 1 aliphatic rings. The van der Waals surface area contributed by atoms with Gasteiger partial charge in [0.25, 0.3) is 0 Å². The Morgan fingerprint density at radius 1 is 1.37 bits per heavy atom. The topological polar surface area (TPSA) is 20.3 Å². The van der Waals surface area contributed by atoms with E-state index in [4.69, 9.17) is 11.6 Å². The fourth-order valence-corrected chi connectivity index (χ4v) is 2.76. The standard InChI is InChI=1S/C16H22ClNO/c1-16(2,12-17)15(19)18-10-6-9-14(18)11-13-7-4-3-5-8-13/h3-5,7-8,14H,6,9-12H2,1-2H3. The van der Waals surface area contributed by atoms with Crippen molar-refractivity contribution < 1.29 is 4.79 Å². The molecule has 0 aliphatic carbocycles. The highest BCUT2D eigenvalue weighted by Gasteiger charge is 2.37. The normalized spacial score (nSPS) is 19.7. The lowest BCUT2D eigenvalue weighted by atomic mass is 9.93. The summed E-state index contributed by atoms with van der Waals surface area (Å²) in [6, 6.07) is 10.7. The van der Waals surface area contributed by atoms with Crippen LogP contribution in [0, 0.1) is 5.41 Å². The number of rotatable bonds is 4. The molecule has 1 aromatic rings. The summed E-state index contributed by atoms with van der Waals surface area (Å²) < 4.78 is 0. The molecule has 0 saturated carbocycles. The van der Waals surface area contributed by atoms with Crippen LogP contribution in [-0.4, -0.2) is 29.3 Å². The number of carbonyl (C=O) groups is 1. The zero-order chi connectivity index (χ0) is 13.9. The summed E-state index contributed by atoms with van der Waals surface area (Å²) in [5.74, 6) is 0.571. The quantitative estimate of drug-likeness (QED) is 0.773. The van der Waals surface area contributed by atoms with Crippen molar-refractivity contribution in [1.82, 2.24) is 4.90 Å².